The number of nitrogens with zero attached hydrogens (tertiary/aromatic N) is 2. The molecule has 1 heterocycles. The summed E-state index contributed by atoms with van der Waals surface area (Å²) in [6.45, 7) is 5.30. The molecular formula is C16H23N3O6S. The first-order valence-corrected chi connectivity index (χ1v) is 9.36. The third kappa shape index (κ3) is 4.51. The van der Waals surface area contributed by atoms with E-state index in [9.17, 15) is 13.2 Å². The van der Waals surface area contributed by atoms with Crippen molar-refractivity contribution in [3.05, 3.63) is 24.3 Å². The number of amides is 1. The standard InChI is InChI=1S/C16H23N3O6S/c1-16(2,3)25-18-11-9-14(15(20)17-21)19(10-11)26(22,23)13-7-5-12(24-4)6-8-13/h5-8,14,21H,9-10H2,1-4H3,(H,17,20)/b18-11+/t14-/m1/s1. The van der Waals surface area contributed by atoms with Crippen molar-refractivity contribution in [3.63, 3.8) is 0 Å². The maximum absolute atomic E-state index is 12.9. The summed E-state index contributed by atoms with van der Waals surface area (Å²) < 4.78 is 31.9. The lowest BCUT2D eigenvalue weighted by atomic mass is 10.2. The first-order valence-electron chi connectivity index (χ1n) is 7.92. The van der Waals surface area contributed by atoms with Crippen LogP contribution in [0.15, 0.2) is 34.3 Å². The highest BCUT2D eigenvalue weighted by Gasteiger charge is 2.43. The summed E-state index contributed by atoms with van der Waals surface area (Å²) in [5.41, 5.74) is 1.35. The fraction of sp³-hybridized carbons (Fsp3) is 0.500. The topological polar surface area (TPSA) is 118 Å². The van der Waals surface area contributed by atoms with Crippen LogP contribution in [0.5, 0.6) is 5.75 Å². The minimum absolute atomic E-state index is 0.00651. The number of rotatable bonds is 5. The monoisotopic (exact) mass is 385 g/mol. The molecular weight excluding hydrogens is 362 g/mol. The average Bonchev–Trinajstić information content (AvgIpc) is 3.04. The van der Waals surface area contributed by atoms with Gasteiger partial charge in [0.15, 0.2) is 0 Å². The van der Waals surface area contributed by atoms with Gasteiger partial charge in [0.2, 0.25) is 10.0 Å². The highest BCUT2D eigenvalue weighted by Crippen LogP contribution is 2.27. The number of benzene rings is 1. The van der Waals surface area contributed by atoms with E-state index in [0.29, 0.717) is 11.5 Å². The quantitative estimate of drug-likeness (QED) is 0.580. The van der Waals surface area contributed by atoms with Gasteiger partial charge in [-0.15, -0.1) is 0 Å². The molecule has 2 rings (SSSR count). The van der Waals surface area contributed by atoms with Gasteiger partial charge in [-0.25, -0.2) is 13.9 Å². The lowest BCUT2D eigenvalue weighted by molar-refractivity contribution is -0.132. The Labute approximate surface area is 152 Å². The van der Waals surface area contributed by atoms with Gasteiger partial charge >= 0.3 is 0 Å². The van der Waals surface area contributed by atoms with E-state index in [4.69, 9.17) is 14.8 Å². The Morgan fingerprint density at radius 3 is 2.42 bits per heavy atom. The van der Waals surface area contributed by atoms with E-state index in [0.717, 1.165) is 4.31 Å². The molecule has 1 saturated heterocycles. The lowest BCUT2D eigenvalue weighted by Crippen LogP contribution is -2.45. The number of nitrogens with one attached hydrogen (secondary N) is 1. The second-order valence-corrected chi connectivity index (χ2v) is 8.67. The lowest BCUT2D eigenvalue weighted by Gasteiger charge is -2.21. The molecule has 1 aromatic carbocycles. The van der Waals surface area contributed by atoms with Crippen molar-refractivity contribution in [2.24, 2.45) is 5.16 Å². The molecule has 0 aromatic heterocycles. The maximum atomic E-state index is 12.9. The van der Waals surface area contributed by atoms with Crippen LogP contribution in [0.1, 0.15) is 27.2 Å². The van der Waals surface area contributed by atoms with Gasteiger partial charge < -0.3 is 9.57 Å². The van der Waals surface area contributed by atoms with Crippen LogP contribution in [0.25, 0.3) is 0 Å². The van der Waals surface area contributed by atoms with Crippen LogP contribution >= 0.6 is 0 Å². The number of hydrogen-bond acceptors (Lipinski definition) is 7. The Bertz CT molecular complexity index is 783. The van der Waals surface area contributed by atoms with Crippen LogP contribution in [0.4, 0.5) is 0 Å². The van der Waals surface area contributed by atoms with E-state index in [1.807, 2.05) is 0 Å². The Balaban J connectivity index is 2.34. The molecule has 1 aliphatic rings. The molecule has 0 aliphatic carbocycles. The molecule has 0 unspecified atom stereocenters. The summed E-state index contributed by atoms with van der Waals surface area (Å²) in [4.78, 5) is 17.3. The van der Waals surface area contributed by atoms with Crippen molar-refractivity contribution in [1.29, 1.82) is 0 Å². The molecule has 1 aliphatic heterocycles. The predicted molar refractivity (Wildman–Crippen MR) is 93.5 cm³/mol. The molecule has 26 heavy (non-hydrogen) atoms. The zero-order chi connectivity index (χ0) is 19.5. The summed E-state index contributed by atoms with van der Waals surface area (Å²) in [6.07, 6.45) is 0.0257. The highest BCUT2D eigenvalue weighted by molar-refractivity contribution is 7.89. The van der Waals surface area contributed by atoms with Crippen LogP contribution in [0, 0.1) is 0 Å². The van der Waals surface area contributed by atoms with E-state index in [2.05, 4.69) is 5.16 Å². The summed E-state index contributed by atoms with van der Waals surface area (Å²) in [6, 6.07) is 4.70. The van der Waals surface area contributed by atoms with Crippen LogP contribution in [0.2, 0.25) is 0 Å². The minimum atomic E-state index is -3.99. The third-order valence-electron chi connectivity index (χ3n) is 3.64. The molecule has 144 valence electrons. The molecule has 10 heteroatoms. The largest absolute Gasteiger partial charge is 0.497 e. The summed E-state index contributed by atoms with van der Waals surface area (Å²) in [5, 5.41) is 12.9. The highest BCUT2D eigenvalue weighted by atomic mass is 32.2. The van der Waals surface area contributed by atoms with Gasteiger partial charge in [-0.1, -0.05) is 5.16 Å². The van der Waals surface area contributed by atoms with Crippen molar-refractivity contribution < 1.29 is 28.0 Å². The fourth-order valence-electron chi connectivity index (χ4n) is 2.38. The van der Waals surface area contributed by atoms with Gasteiger partial charge in [0.05, 0.1) is 24.3 Å². The maximum Gasteiger partial charge on any atom is 0.262 e. The van der Waals surface area contributed by atoms with E-state index in [-0.39, 0.29) is 17.9 Å². The van der Waals surface area contributed by atoms with E-state index in [1.54, 1.807) is 20.8 Å². The Morgan fingerprint density at radius 1 is 1.31 bits per heavy atom. The number of hydroxylamine groups is 1. The number of methoxy groups -OCH3 is 1. The average molecular weight is 385 g/mol. The number of carbonyl (C=O) groups is 1. The SMILES string of the molecule is COc1ccc(S(=O)(=O)N2C/C(=N/OC(C)(C)C)C[C@@H]2C(=O)NO)cc1. The van der Waals surface area contributed by atoms with Crippen molar-refractivity contribution in [2.45, 2.75) is 43.7 Å². The van der Waals surface area contributed by atoms with Crippen LogP contribution < -0.4 is 10.2 Å². The van der Waals surface area contributed by atoms with Gasteiger partial charge in [-0.2, -0.15) is 4.31 Å². The van der Waals surface area contributed by atoms with Crippen molar-refractivity contribution in [2.75, 3.05) is 13.7 Å². The van der Waals surface area contributed by atoms with Gasteiger partial charge in [-0.05, 0) is 45.0 Å². The summed E-state index contributed by atoms with van der Waals surface area (Å²) in [5.74, 6) is -0.320. The zero-order valence-corrected chi connectivity index (χ0v) is 15.9. The molecule has 9 nitrogen and oxygen atoms in total. The predicted octanol–water partition coefficient (Wildman–Crippen LogP) is 1.13. The van der Waals surface area contributed by atoms with Gasteiger partial charge in [0.1, 0.15) is 17.4 Å². The number of sulfonamides is 1. The smallest absolute Gasteiger partial charge is 0.262 e. The summed E-state index contributed by atoms with van der Waals surface area (Å²) >= 11 is 0. The second-order valence-electron chi connectivity index (χ2n) is 6.78. The van der Waals surface area contributed by atoms with E-state index >= 15 is 0 Å². The second kappa shape index (κ2) is 7.60. The van der Waals surface area contributed by atoms with Gasteiger partial charge in [0, 0.05) is 6.42 Å². The first-order chi connectivity index (χ1) is 12.1. The number of hydrogen-bond donors (Lipinski definition) is 2. The van der Waals surface area contributed by atoms with Crippen molar-refractivity contribution in [3.8, 4) is 5.75 Å². The Morgan fingerprint density at radius 2 is 1.92 bits per heavy atom. The normalized spacial score (nSPS) is 20.2. The fourth-order valence-corrected chi connectivity index (χ4v) is 3.96. The molecule has 0 bridgehead atoms. The Kier molecular flexibility index (Phi) is 5.89. The number of oxime groups is 1. The zero-order valence-electron chi connectivity index (χ0n) is 15.1. The molecule has 2 N–H and O–H groups in total. The Hall–Kier alpha value is -2.17. The van der Waals surface area contributed by atoms with Crippen LogP contribution in [-0.2, 0) is 19.7 Å². The molecule has 1 aromatic rings. The number of carbonyl (C=O) groups excluding carboxylic acids is 1. The van der Waals surface area contributed by atoms with Gasteiger partial charge in [-0.3, -0.25) is 10.0 Å². The molecule has 0 spiro atoms. The van der Waals surface area contributed by atoms with E-state index in [1.165, 1.54) is 36.9 Å². The van der Waals surface area contributed by atoms with Gasteiger partial charge in [0.25, 0.3) is 5.91 Å². The summed E-state index contributed by atoms with van der Waals surface area (Å²) in [7, 11) is -2.51. The molecule has 0 radical (unpaired) electrons. The van der Waals surface area contributed by atoms with Crippen LogP contribution in [0.3, 0.4) is 0 Å². The number of ether oxygens (including phenoxy) is 1. The molecule has 1 fully saturated rings. The van der Waals surface area contributed by atoms with Crippen molar-refractivity contribution in [1.82, 2.24) is 9.79 Å². The minimum Gasteiger partial charge on any atom is -0.497 e. The van der Waals surface area contributed by atoms with Crippen molar-refractivity contribution >= 4 is 21.6 Å². The first kappa shape index (κ1) is 20.1. The third-order valence-corrected chi connectivity index (χ3v) is 5.51. The van der Waals surface area contributed by atoms with E-state index < -0.39 is 27.6 Å². The van der Waals surface area contributed by atoms with Crippen LogP contribution in [-0.4, -0.2) is 54.8 Å². The molecule has 1 atom stereocenters. The molecule has 1 amide bonds. The molecule has 0 saturated carbocycles.